The molecule has 0 radical (unpaired) electrons. The zero-order valence-corrected chi connectivity index (χ0v) is 13.2. The molecule has 0 fully saturated rings. The predicted octanol–water partition coefficient (Wildman–Crippen LogP) is 4.36. The van der Waals surface area contributed by atoms with Crippen molar-refractivity contribution in [3.05, 3.63) is 35.0 Å². The first-order valence-corrected chi connectivity index (χ1v) is 7.21. The predicted molar refractivity (Wildman–Crippen MR) is 82.9 cm³/mol. The Balaban J connectivity index is 2.18. The summed E-state index contributed by atoms with van der Waals surface area (Å²) in [5, 5.41) is 13.0. The number of rotatable bonds is 5. The zero-order chi connectivity index (χ0) is 17.0. The van der Waals surface area contributed by atoms with Crippen molar-refractivity contribution < 1.29 is 13.2 Å². The second-order valence-electron chi connectivity index (χ2n) is 5.26. The molecule has 0 atom stereocenters. The van der Waals surface area contributed by atoms with Crippen molar-refractivity contribution in [3.8, 4) is 0 Å². The molecule has 0 aliphatic carbocycles. The molecule has 5 nitrogen and oxygen atoms in total. The number of nitrogens with one attached hydrogen (secondary N) is 2. The van der Waals surface area contributed by atoms with Crippen LogP contribution in [0.15, 0.2) is 24.4 Å². The molecule has 1 aromatic carbocycles. The van der Waals surface area contributed by atoms with E-state index in [9.17, 15) is 13.2 Å². The molecule has 0 unspecified atom stereocenters. The number of anilines is 3. The Hall–Kier alpha value is -2.09. The van der Waals surface area contributed by atoms with Crippen LogP contribution in [0, 0.1) is 5.92 Å². The van der Waals surface area contributed by atoms with Gasteiger partial charge in [0.05, 0.1) is 16.8 Å². The van der Waals surface area contributed by atoms with Gasteiger partial charge < -0.3 is 10.6 Å². The molecular formula is C14H15ClF3N5. The standard InChI is InChI=1S/C14H15ClF3N5/c1-8(2)6-19-13-22-12(7-20-23-13)21-9-3-4-11(15)10(5-9)14(16,17)18/h3-5,7-8H,6H2,1-2H3,(H2,19,21,22,23). The van der Waals surface area contributed by atoms with E-state index in [1.54, 1.807) is 0 Å². The molecule has 23 heavy (non-hydrogen) atoms. The molecule has 0 amide bonds. The maximum Gasteiger partial charge on any atom is 0.417 e. The number of benzene rings is 1. The smallest absolute Gasteiger partial charge is 0.353 e. The van der Waals surface area contributed by atoms with Crippen LogP contribution in [-0.4, -0.2) is 21.7 Å². The van der Waals surface area contributed by atoms with Crippen molar-refractivity contribution in [1.29, 1.82) is 0 Å². The first-order chi connectivity index (χ1) is 10.8. The molecule has 0 aliphatic rings. The van der Waals surface area contributed by atoms with Gasteiger partial charge in [-0.05, 0) is 24.1 Å². The molecule has 2 rings (SSSR count). The van der Waals surface area contributed by atoms with E-state index < -0.39 is 11.7 Å². The second-order valence-corrected chi connectivity index (χ2v) is 5.66. The minimum Gasteiger partial charge on any atom is -0.353 e. The zero-order valence-electron chi connectivity index (χ0n) is 12.4. The summed E-state index contributed by atoms with van der Waals surface area (Å²) >= 11 is 5.58. The molecule has 124 valence electrons. The van der Waals surface area contributed by atoms with E-state index in [1.165, 1.54) is 18.3 Å². The summed E-state index contributed by atoms with van der Waals surface area (Å²) in [5.74, 6) is 0.969. The Morgan fingerprint density at radius 1 is 1.26 bits per heavy atom. The molecule has 9 heteroatoms. The highest BCUT2D eigenvalue weighted by atomic mass is 35.5. The Morgan fingerprint density at radius 2 is 2.00 bits per heavy atom. The summed E-state index contributed by atoms with van der Waals surface area (Å²) in [6, 6.07) is 3.53. The molecular weight excluding hydrogens is 331 g/mol. The van der Waals surface area contributed by atoms with Crippen molar-refractivity contribution in [1.82, 2.24) is 15.2 Å². The third-order valence-electron chi connectivity index (χ3n) is 2.77. The monoisotopic (exact) mass is 345 g/mol. The normalized spacial score (nSPS) is 11.6. The van der Waals surface area contributed by atoms with Crippen LogP contribution in [-0.2, 0) is 6.18 Å². The van der Waals surface area contributed by atoms with Crippen molar-refractivity contribution >= 4 is 29.1 Å². The SMILES string of the molecule is CC(C)CNc1nncc(Nc2ccc(Cl)c(C(F)(F)F)c2)n1. The summed E-state index contributed by atoms with van der Waals surface area (Å²) in [5.41, 5.74) is -0.707. The number of halogens is 4. The van der Waals surface area contributed by atoms with E-state index in [-0.39, 0.29) is 16.5 Å². The van der Waals surface area contributed by atoms with Crippen molar-refractivity contribution in [2.24, 2.45) is 5.92 Å². The fraction of sp³-hybridized carbons (Fsp3) is 0.357. The summed E-state index contributed by atoms with van der Waals surface area (Å²) in [6.07, 6.45) is -3.20. The minimum atomic E-state index is -4.53. The Labute approximate surface area is 136 Å². The van der Waals surface area contributed by atoms with Crippen LogP contribution in [0.1, 0.15) is 19.4 Å². The molecule has 1 aromatic heterocycles. The van der Waals surface area contributed by atoms with Gasteiger partial charge in [0.2, 0.25) is 5.95 Å². The third-order valence-corrected chi connectivity index (χ3v) is 3.10. The third kappa shape index (κ3) is 4.95. The molecule has 0 bridgehead atoms. The van der Waals surface area contributed by atoms with Crippen molar-refractivity contribution in [2.45, 2.75) is 20.0 Å². The number of hydrogen-bond acceptors (Lipinski definition) is 5. The van der Waals surface area contributed by atoms with Crippen LogP contribution in [0.5, 0.6) is 0 Å². The fourth-order valence-electron chi connectivity index (χ4n) is 1.70. The lowest BCUT2D eigenvalue weighted by Gasteiger charge is -2.12. The number of nitrogens with zero attached hydrogens (tertiary/aromatic N) is 3. The maximum atomic E-state index is 12.8. The molecule has 2 aromatic rings. The van der Waals surface area contributed by atoms with E-state index in [0.29, 0.717) is 18.4 Å². The first-order valence-electron chi connectivity index (χ1n) is 6.83. The van der Waals surface area contributed by atoms with Gasteiger partial charge in [-0.3, -0.25) is 0 Å². The molecule has 0 aliphatic heterocycles. The molecule has 0 saturated carbocycles. The number of aromatic nitrogens is 3. The summed E-state index contributed by atoms with van der Waals surface area (Å²) in [6.45, 7) is 4.70. The van der Waals surface area contributed by atoms with Gasteiger partial charge in [0.15, 0.2) is 5.82 Å². The van der Waals surface area contributed by atoms with Crippen LogP contribution in [0.4, 0.5) is 30.6 Å². The first kappa shape index (κ1) is 17.3. The molecule has 0 saturated heterocycles. The van der Waals surface area contributed by atoms with Crippen molar-refractivity contribution in [2.75, 3.05) is 17.2 Å². The topological polar surface area (TPSA) is 62.7 Å². The van der Waals surface area contributed by atoms with Crippen molar-refractivity contribution in [3.63, 3.8) is 0 Å². The average molecular weight is 346 g/mol. The van der Waals surface area contributed by atoms with Gasteiger partial charge in [0, 0.05) is 12.2 Å². The maximum absolute atomic E-state index is 12.8. The lowest BCUT2D eigenvalue weighted by atomic mass is 10.2. The summed E-state index contributed by atoms with van der Waals surface area (Å²) in [7, 11) is 0. The van der Waals surface area contributed by atoms with Gasteiger partial charge in [-0.15, -0.1) is 5.10 Å². The van der Waals surface area contributed by atoms with Crippen LogP contribution >= 0.6 is 11.6 Å². The Kier molecular flexibility index (Phi) is 5.25. The van der Waals surface area contributed by atoms with E-state index >= 15 is 0 Å². The molecule has 2 N–H and O–H groups in total. The minimum absolute atomic E-state index is 0.206. The van der Waals surface area contributed by atoms with E-state index in [2.05, 4.69) is 25.8 Å². The van der Waals surface area contributed by atoms with Crippen LogP contribution in [0.2, 0.25) is 5.02 Å². The highest BCUT2D eigenvalue weighted by Crippen LogP contribution is 2.36. The number of alkyl halides is 3. The average Bonchev–Trinajstić information content (AvgIpc) is 2.46. The second kappa shape index (κ2) is 6.99. The summed E-state index contributed by atoms with van der Waals surface area (Å²) in [4.78, 5) is 4.14. The van der Waals surface area contributed by atoms with Crippen LogP contribution in [0.25, 0.3) is 0 Å². The number of hydrogen-bond donors (Lipinski definition) is 2. The Bertz CT molecular complexity index is 676. The van der Waals surface area contributed by atoms with E-state index in [1.807, 2.05) is 13.8 Å². The summed E-state index contributed by atoms with van der Waals surface area (Å²) < 4.78 is 38.5. The van der Waals surface area contributed by atoms with Crippen LogP contribution in [0.3, 0.4) is 0 Å². The quantitative estimate of drug-likeness (QED) is 0.843. The van der Waals surface area contributed by atoms with Gasteiger partial charge in [0.1, 0.15) is 0 Å². The van der Waals surface area contributed by atoms with Gasteiger partial charge in [-0.2, -0.15) is 23.3 Å². The van der Waals surface area contributed by atoms with E-state index in [0.717, 1.165) is 6.07 Å². The van der Waals surface area contributed by atoms with Gasteiger partial charge in [0.25, 0.3) is 0 Å². The van der Waals surface area contributed by atoms with Gasteiger partial charge in [-0.1, -0.05) is 25.4 Å². The lowest BCUT2D eigenvalue weighted by molar-refractivity contribution is -0.137. The fourth-order valence-corrected chi connectivity index (χ4v) is 1.93. The Morgan fingerprint density at radius 3 is 2.65 bits per heavy atom. The lowest BCUT2D eigenvalue weighted by Crippen LogP contribution is -2.12. The van der Waals surface area contributed by atoms with E-state index in [4.69, 9.17) is 11.6 Å². The molecule has 1 heterocycles. The molecule has 0 spiro atoms. The highest BCUT2D eigenvalue weighted by Gasteiger charge is 2.33. The van der Waals surface area contributed by atoms with Gasteiger partial charge >= 0.3 is 6.18 Å². The highest BCUT2D eigenvalue weighted by molar-refractivity contribution is 6.31. The largest absolute Gasteiger partial charge is 0.417 e. The van der Waals surface area contributed by atoms with Crippen LogP contribution < -0.4 is 10.6 Å². The van der Waals surface area contributed by atoms with Gasteiger partial charge in [-0.25, -0.2) is 0 Å².